The molecule has 2 aliphatic rings. The van der Waals surface area contributed by atoms with E-state index in [1.54, 1.807) is 6.20 Å². The van der Waals surface area contributed by atoms with Gasteiger partial charge in [0.05, 0.1) is 19.3 Å². The Hall–Kier alpha value is -1.24. The van der Waals surface area contributed by atoms with Gasteiger partial charge < -0.3 is 10.0 Å². The minimum absolute atomic E-state index is 0.0572. The van der Waals surface area contributed by atoms with Gasteiger partial charge in [0.1, 0.15) is 9.88 Å². The Bertz CT molecular complexity index is 583. The van der Waals surface area contributed by atoms with E-state index in [-0.39, 0.29) is 17.9 Å². The van der Waals surface area contributed by atoms with Gasteiger partial charge >= 0.3 is 0 Å². The van der Waals surface area contributed by atoms with Gasteiger partial charge in [-0.2, -0.15) is 0 Å². The van der Waals surface area contributed by atoms with Crippen molar-refractivity contribution in [3.05, 3.63) is 28.7 Å². The number of nitrogens with zero attached hydrogens (tertiary/aromatic N) is 3. The van der Waals surface area contributed by atoms with Gasteiger partial charge in [0.15, 0.2) is 0 Å². The maximum Gasteiger partial charge on any atom is 0.265 e. The molecule has 3 heterocycles. The van der Waals surface area contributed by atoms with Crippen molar-refractivity contribution in [2.24, 2.45) is 5.41 Å². The second kappa shape index (κ2) is 7.76. The second-order valence-corrected chi connectivity index (χ2v) is 8.20. The Kier molecular flexibility index (Phi) is 5.69. The summed E-state index contributed by atoms with van der Waals surface area (Å²) in [6.07, 6.45) is 8.72. The molecule has 1 aromatic rings. The lowest BCUT2D eigenvalue weighted by Gasteiger charge is -2.41. The second-order valence-electron chi connectivity index (χ2n) is 7.08. The summed E-state index contributed by atoms with van der Waals surface area (Å²) in [7, 11) is 0. The number of likely N-dealkylation sites (tertiary alicyclic amines) is 2. The molecule has 132 valence electrons. The average molecular weight is 350 g/mol. The predicted molar refractivity (Wildman–Crippen MR) is 96.1 cm³/mol. The molecule has 5 nitrogen and oxygen atoms in total. The van der Waals surface area contributed by atoms with Crippen LogP contribution in [0.3, 0.4) is 0 Å². The van der Waals surface area contributed by atoms with Crippen molar-refractivity contribution in [1.82, 2.24) is 14.8 Å². The monoisotopic (exact) mass is 349 g/mol. The Morgan fingerprint density at radius 1 is 1.38 bits per heavy atom. The molecule has 3 rings (SSSR count). The summed E-state index contributed by atoms with van der Waals surface area (Å²) >= 11 is 1.52. The van der Waals surface area contributed by atoms with E-state index >= 15 is 0 Å². The Labute approximate surface area is 148 Å². The molecule has 1 N–H and O–H groups in total. The zero-order chi connectivity index (χ0) is 17.0. The first-order valence-electron chi connectivity index (χ1n) is 8.84. The maximum absolute atomic E-state index is 12.8. The summed E-state index contributed by atoms with van der Waals surface area (Å²) < 4.78 is 0. The highest BCUT2D eigenvalue weighted by molar-refractivity contribution is 7.13. The molecule has 0 aromatic carbocycles. The van der Waals surface area contributed by atoms with Crippen LogP contribution in [0.15, 0.2) is 18.9 Å². The molecule has 2 aliphatic heterocycles. The van der Waals surface area contributed by atoms with Crippen LogP contribution in [0.2, 0.25) is 0 Å². The van der Waals surface area contributed by atoms with Gasteiger partial charge in [-0.25, -0.2) is 4.98 Å². The van der Waals surface area contributed by atoms with Crippen molar-refractivity contribution in [2.75, 3.05) is 32.8 Å². The lowest BCUT2D eigenvalue weighted by molar-refractivity contribution is 0.0288. The molecule has 0 bridgehead atoms. The molecular formula is C18H27N3O2S. The quantitative estimate of drug-likeness (QED) is 0.802. The molecule has 1 atom stereocenters. The summed E-state index contributed by atoms with van der Waals surface area (Å²) in [4.78, 5) is 22.3. The number of piperidine rings is 1. The fourth-order valence-electron chi connectivity index (χ4n) is 3.82. The first-order chi connectivity index (χ1) is 11.7. The molecule has 0 spiro atoms. The van der Waals surface area contributed by atoms with Crippen molar-refractivity contribution >= 4 is 17.2 Å². The van der Waals surface area contributed by atoms with Crippen LogP contribution in [0.4, 0.5) is 0 Å². The molecule has 0 saturated carbocycles. The number of carbonyl (C=O) groups is 1. The molecule has 0 radical (unpaired) electrons. The topological polar surface area (TPSA) is 56.7 Å². The van der Waals surface area contributed by atoms with E-state index in [0.717, 1.165) is 55.3 Å². The highest BCUT2D eigenvalue weighted by Crippen LogP contribution is 2.34. The van der Waals surface area contributed by atoms with Crippen LogP contribution in [0, 0.1) is 5.41 Å². The van der Waals surface area contributed by atoms with Gasteiger partial charge in [0, 0.05) is 18.5 Å². The Balaban J connectivity index is 1.65. The van der Waals surface area contributed by atoms with E-state index in [1.165, 1.54) is 24.2 Å². The number of carbonyl (C=O) groups excluding carboxylic acids is 1. The van der Waals surface area contributed by atoms with Crippen LogP contribution in [-0.4, -0.2) is 58.6 Å². The van der Waals surface area contributed by atoms with Gasteiger partial charge in [-0.15, -0.1) is 17.9 Å². The molecule has 0 aliphatic carbocycles. The lowest BCUT2D eigenvalue weighted by Crippen LogP contribution is -2.47. The molecular weight excluding hydrogens is 322 g/mol. The molecule has 24 heavy (non-hydrogen) atoms. The first-order valence-corrected chi connectivity index (χ1v) is 9.65. The van der Waals surface area contributed by atoms with Gasteiger partial charge in [-0.3, -0.25) is 9.69 Å². The number of aromatic nitrogens is 1. The number of thiazole rings is 1. The van der Waals surface area contributed by atoms with E-state index in [4.69, 9.17) is 0 Å². The number of rotatable bonds is 6. The molecule has 2 saturated heterocycles. The zero-order valence-corrected chi connectivity index (χ0v) is 15.1. The van der Waals surface area contributed by atoms with Gasteiger partial charge in [-0.1, -0.05) is 6.08 Å². The van der Waals surface area contributed by atoms with Crippen LogP contribution >= 0.6 is 11.3 Å². The SMILES string of the molecule is C=CCC1(CO)CCCN(C(=O)c2cnc(CN3CCCC3)s2)C1. The molecule has 6 heteroatoms. The fraction of sp³-hybridized carbons (Fsp3) is 0.667. The normalized spacial score (nSPS) is 25.1. The lowest BCUT2D eigenvalue weighted by atomic mass is 9.78. The van der Waals surface area contributed by atoms with E-state index in [2.05, 4.69) is 16.5 Å². The predicted octanol–water partition coefficient (Wildman–Crippen LogP) is 2.53. The number of hydrogen-bond donors (Lipinski definition) is 1. The van der Waals surface area contributed by atoms with Crippen molar-refractivity contribution in [3.8, 4) is 0 Å². The standard InChI is InChI=1S/C18H27N3O2S/c1-2-6-18(14-22)7-5-10-21(13-18)17(23)15-11-19-16(24-15)12-20-8-3-4-9-20/h2,11,22H,1,3-10,12-14H2. The van der Waals surface area contributed by atoms with Crippen molar-refractivity contribution < 1.29 is 9.90 Å². The zero-order valence-electron chi connectivity index (χ0n) is 14.2. The number of hydrogen-bond acceptors (Lipinski definition) is 5. The number of allylic oxidation sites excluding steroid dienone is 1. The van der Waals surface area contributed by atoms with E-state index in [1.807, 2.05) is 11.0 Å². The third kappa shape index (κ3) is 3.87. The van der Waals surface area contributed by atoms with Crippen LogP contribution in [0.1, 0.15) is 46.8 Å². The van der Waals surface area contributed by atoms with Crippen LogP contribution in [-0.2, 0) is 6.54 Å². The minimum atomic E-state index is -0.223. The van der Waals surface area contributed by atoms with E-state index < -0.39 is 0 Å². The summed E-state index contributed by atoms with van der Waals surface area (Å²) in [5.41, 5.74) is -0.223. The van der Waals surface area contributed by atoms with Gasteiger partial charge in [-0.05, 0) is 45.2 Å². The summed E-state index contributed by atoms with van der Waals surface area (Å²) in [6, 6.07) is 0. The number of amides is 1. The first kappa shape index (κ1) is 17.6. The summed E-state index contributed by atoms with van der Waals surface area (Å²) in [6.45, 7) is 8.39. The molecule has 2 fully saturated rings. The van der Waals surface area contributed by atoms with Gasteiger partial charge in [0.2, 0.25) is 0 Å². The van der Waals surface area contributed by atoms with Crippen LogP contribution in [0.25, 0.3) is 0 Å². The largest absolute Gasteiger partial charge is 0.396 e. The van der Waals surface area contributed by atoms with Crippen molar-refractivity contribution in [2.45, 2.75) is 38.6 Å². The number of aliphatic hydroxyl groups excluding tert-OH is 1. The van der Waals surface area contributed by atoms with Crippen LogP contribution in [0.5, 0.6) is 0 Å². The highest BCUT2D eigenvalue weighted by Gasteiger charge is 2.36. The number of aliphatic hydroxyl groups is 1. The molecule has 1 amide bonds. The minimum Gasteiger partial charge on any atom is -0.396 e. The summed E-state index contributed by atoms with van der Waals surface area (Å²) in [5.74, 6) is 0.0572. The smallest absolute Gasteiger partial charge is 0.265 e. The third-order valence-corrected chi connectivity index (χ3v) is 6.15. The average Bonchev–Trinajstić information content (AvgIpc) is 3.27. The summed E-state index contributed by atoms with van der Waals surface area (Å²) in [5, 5.41) is 10.8. The molecule has 1 unspecified atom stereocenters. The van der Waals surface area contributed by atoms with Crippen molar-refractivity contribution in [3.63, 3.8) is 0 Å². The Morgan fingerprint density at radius 3 is 2.88 bits per heavy atom. The third-order valence-electron chi connectivity index (χ3n) is 5.18. The Morgan fingerprint density at radius 2 is 2.17 bits per heavy atom. The van der Waals surface area contributed by atoms with E-state index in [0.29, 0.717) is 6.54 Å². The fourth-order valence-corrected chi connectivity index (χ4v) is 4.75. The van der Waals surface area contributed by atoms with Crippen molar-refractivity contribution in [1.29, 1.82) is 0 Å². The van der Waals surface area contributed by atoms with Gasteiger partial charge in [0.25, 0.3) is 5.91 Å². The highest BCUT2D eigenvalue weighted by atomic mass is 32.1. The molecule has 1 aromatic heterocycles. The maximum atomic E-state index is 12.8. The van der Waals surface area contributed by atoms with E-state index in [9.17, 15) is 9.90 Å². The van der Waals surface area contributed by atoms with Crippen LogP contribution < -0.4 is 0 Å².